The molecule has 8 heteroatoms. The lowest BCUT2D eigenvalue weighted by Crippen LogP contribution is -2.15. The molecule has 0 bridgehead atoms. The molecule has 0 aliphatic rings. The van der Waals surface area contributed by atoms with Crippen LogP contribution in [0.1, 0.15) is 10.5 Å². The number of methoxy groups -OCH3 is 1. The van der Waals surface area contributed by atoms with Crippen LogP contribution in [0.4, 0.5) is 11.5 Å². The summed E-state index contributed by atoms with van der Waals surface area (Å²) in [5, 5.41) is 11.1. The molecule has 0 saturated carbocycles. The fraction of sp³-hybridized carbons (Fsp3) is 0.0625. The van der Waals surface area contributed by atoms with E-state index < -0.39 is 5.91 Å². The van der Waals surface area contributed by atoms with Gasteiger partial charge in [0.25, 0.3) is 5.91 Å². The Morgan fingerprint density at radius 2 is 1.92 bits per heavy atom. The molecular weight excluding hydrogens is 330 g/mol. The Morgan fingerprint density at radius 1 is 1.21 bits per heavy atom. The Hall–Kier alpha value is -3.06. The van der Waals surface area contributed by atoms with E-state index in [9.17, 15) is 4.79 Å². The van der Waals surface area contributed by atoms with Crippen molar-refractivity contribution < 1.29 is 9.53 Å². The number of nitrogens with zero attached hydrogens (tertiary/aromatic N) is 3. The number of carbonyl (C=O) groups is 1. The van der Waals surface area contributed by atoms with Crippen molar-refractivity contribution in [3.8, 4) is 11.4 Å². The predicted molar refractivity (Wildman–Crippen MR) is 91.7 cm³/mol. The number of nitrogens with two attached hydrogens (primary N) is 1. The number of hydrogen-bond donors (Lipinski definition) is 2. The van der Waals surface area contributed by atoms with E-state index in [0.717, 1.165) is 0 Å². The summed E-state index contributed by atoms with van der Waals surface area (Å²) in [5.74, 6) is 0.191. The van der Waals surface area contributed by atoms with E-state index in [4.69, 9.17) is 22.1 Å². The molecule has 0 radical (unpaired) electrons. The number of nitrogen functional groups attached to an aromatic ring is 1. The lowest BCUT2D eigenvalue weighted by molar-refractivity contribution is 0.102. The molecule has 7 nitrogen and oxygen atoms in total. The Bertz CT molecular complexity index is 876. The molecule has 0 unspecified atom stereocenters. The average molecular weight is 344 g/mol. The number of amides is 1. The molecular formula is C16H14ClN5O2. The van der Waals surface area contributed by atoms with Gasteiger partial charge in [0.1, 0.15) is 5.75 Å². The Balaban J connectivity index is 1.87. The van der Waals surface area contributed by atoms with E-state index in [1.807, 2.05) is 0 Å². The third kappa shape index (κ3) is 3.02. The average Bonchev–Trinajstić information content (AvgIpc) is 2.98. The van der Waals surface area contributed by atoms with Crippen molar-refractivity contribution >= 4 is 29.0 Å². The number of nitrogens with one attached hydrogen (secondary N) is 1. The zero-order chi connectivity index (χ0) is 17.1. The van der Waals surface area contributed by atoms with Crippen LogP contribution < -0.4 is 15.8 Å². The van der Waals surface area contributed by atoms with Gasteiger partial charge in [0.2, 0.25) is 0 Å². The smallest absolute Gasteiger partial charge is 0.280 e. The van der Waals surface area contributed by atoms with Crippen LogP contribution in [-0.2, 0) is 0 Å². The molecule has 3 rings (SSSR count). The number of rotatable bonds is 4. The first-order valence-electron chi connectivity index (χ1n) is 7.01. The van der Waals surface area contributed by atoms with Crippen molar-refractivity contribution in [1.82, 2.24) is 15.0 Å². The normalized spacial score (nSPS) is 10.4. The quantitative estimate of drug-likeness (QED) is 0.759. The van der Waals surface area contributed by atoms with Crippen LogP contribution in [0.15, 0.2) is 48.5 Å². The maximum absolute atomic E-state index is 12.4. The summed E-state index contributed by atoms with van der Waals surface area (Å²) in [6.45, 7) is 0. The number of halogens is 1. The number of carbonyl (C=O) groups excluding carboxylic acids is 1. The van der Waals surface area contributed by atoms with Crippen molar-refractivity contribution in [3.63, 3.8) is 0 Å². The Morgan fingerprint density at radius 3 is 2.62 bits per heavy atom. The van der Waals surface area contributed by atoms with Crippen LogP contribution in [0, 0.1) is 0 Å². The van der Waals surface area contributed by atoms with E-state index in [1.165, 1.54) is 11.8 Å². The van der Waals surface area contributed by atoms with Crippen LogP contribution >= 0.6 is 11.6 Å². The Labute approximate surface area is 143 Å². The van der Waals surface area contributed by atoms with Gasteiger partial charge in [-0.05, 0) is 36.4 Å². The van der Waals surface area contributed by atoms with E-state index in [0.29, 0.717) is 22.1 Å². The van der Waals surface area contributed by atoms with Gasteiger partial charge in [-0.15, -0.1) is 5.10 Å². The first kappa shape index (κ1) is 15.8. The number of anilines is 2. The second kappa shape index (κ2) is 6.59. The van der Waals surface area contributed by atoms with E-state index in [1.54, 1.807) is 48.5 Å². The number of ether oxygens (including phenoxy) is 1. The molecule has 122 valence electrons. The molecule has 0 aliphatic heterocycles. The van der Waals surface area contributed by atoms with Crippen LogP contribution in [0.3, 0.4) is 0 Å². The maximum Gasteiger partial charge on any atom is 0.280 e. The minimum Gasteiger partial charge on any atom is -0.495 e. The predicted octanol–water partition coefficient (Wildman–Crippen LogP) is 2.76. The summed E-state index contributed by atoms with van der Waals surface area (Å²) in [6.07, 6.45) is 0. The minimum atomic E-state index is -0.475. The van der Waals surface area contributed by atoms with Gasteiger partial charge in [-0.25, -0.2) is 0 Å². The summed E-state index contributed by atoms with van der Waals surface area (Å²) in [5.41, 5.74) is 7.21. The van der Waals surface area contributed by atoms with Crippen LogP contribution in [0.2, 0.25) is 5.02 Å². The highest BCUT2D eigenvalue weighted by Crippen LogP contribution is 2.24. The third-order valence-corrected chi connectivity index (χ3v) is 3.60. The van der Waals surface area contributed by atoms with Gasteiger partial charge in [0.15, 0.2) is 11.5 Å². The van der Waals surface area contributed by atoms with Crippen molar-refractivity contribution in [1.29, 1.82) is 0 Å². The van der Waals surface area contributed by atoms with Gasteiger partial charge in [-0.3, -0.25) is 4.79 Å². The fourth-order valence-corrected chi connectivity index (χ4v) is 2.28. The highest BCUT2D eigenvalue weighted by Gasteiger charge is 2.19. The number of hydrogen-bond acceptors (Lipinski definition) is 5. The van der Waals surface area contributed by atoms with Gasteiger partial charge < -0.3 is 15.8 Å². The number of benzene rings is 2. The topological polar surface area (TPSA) is 95.1 Å². The summed E-state index contributed by atoms with van der Waals surface area (Å²) in [7, 11) is 1.52. The number of para-hydroxylation sites is 2. The van der Waals surface area contributed by atoms with Crippen molar-refractivity contribution in [3.05, 3.63) is 59.2 Å². The minimum absolute atomic E-state index is 0.0239. The van der Waals surface area contributed by atoms with Crippen molar-refractivity contribution in [2.75, 3.05) is 18.2 Å². The Kier molecular flexibility index (Phi) is 4.35. The third-order valence-electron chi connectivity index (χ3n) is 3.35. The van der Waals surface area contributed by atoms with Crippen LogP contribution in [-0.4, -0.2) is 28.0 Å². The first-order chi connectivity index (χ1) is 11.6. The molecule has 0 fully saturated rings. The molecule has 2 aromatic carbocycles. The van der Waals surface area contributed by atoms with Gasteiger partial charge in [-0.1, -0.05) is 28.9 Å². The standard InChI is InChI=1S/C16H14ClN5O2/c1-24-13-5-3-2-4-12(13)19-16(23)14-15(18)22(21-20-14)11-8-6-10(17)7-9-11/h2-9H,18H2,1H3,(H,19,23). The summed E-state index contributed by atoms with van der Waals surface area (Å²) in [4.78, 5) is 12.4. The van der Waals surface area contributed by atoms with E-state index >= 15 is 0 Å². The first-order valence-corrected chi connectivity index (χ1v) is 7.39. The molecule has 1 heterocycles. The van der Waals surface area contributed by atoms with Gasteiger partial charge in [-0.2, -0.15) is 4.68 Å². The van der Waals surface area contributed by atoms with Crippen LogP contribution in [0.25, 0.3) is 5.69 Å². The molecule has 0 atom stereocenters. The maximum atomic E-state index is 12.4. The second-order valence-corrected chi connectivity index (χ2v) is 5.30. The molecule has 3 aromatic rings. The molecule has 0 spiro atoms. The summed E-state index contributed by atoms with van der Waals surface area (Å²) < 4.78 is 6.57. The highest BCUT2D eigenvalue weighted by atomic mass is 35.5. The monoisotopic (exact) mass is 343 g/mol. The lowest BCUT2D eigenvalue weighted by atomic mass is 10.2. The van der Waals surface area contributed by atoms with Crippen molar-refractivity contribution in [2.24, 2.45) is 0 Å². The van der Waals surface area contributed by atoms with Gasteiger partial charge in [0.05, 0.1) is 18.5 Å². The second-order valence-electron chi connectivity index (χ2n) is 4.87. The fourth-order valence-electron chi connectivity index (χ4n) is 2.15. The molecule has 1 aromatic heterocycles. The van der Waals surface area contributed by atoms with Gasteiger partial charge >= 0.3 is 0 Å². The summed E-state index contributed by atoms with van der Waals surface area (Å²) in [6, 6.07) is 13.9. The number of aromatic nitrogens is 3. The zero-order valence-corrected chi connectivity index (χ0v) is 13.5. The zero-order valence-electron chi connectivity index (χ0n) is 12.7. The SMILES string of the molecule is COc1ccccc1NC(=O)c1nnn(-c2ccc(Cl)cc2)c1N. The van der Waals surface area contributed by atoms with E-state index in [-0.39, 0.29) is 11.5 Å². The molecule has 1 amide bonds. The van der Waals surface area contributed by atoms with Crippen LogP contribution in [0.5, 0.6) is 5.75 Å². The molecule has 3 N–H and O–H groups in total. The van der Waals surface area contributed by atoms with E-state index in [2.05, 4.69) is 15.6 Å². The highest BCUT2D eigenvalue weighted by molar-refractivity contribution is 6.30. The molecule has 0 saturated heterocycles. The largest absolute Gasteiger partial charge is 0.495 e. The van der Waals surface area contributed by atoms with Gasteiger partial charge in [0, 0.05) is 5.02 Å². The molecule has 24 heavy (non-hydrogen) atoms. The summed E-state index contributed by atoms with van der Waals surface area (Å²) >= 11 is 5.86. The lowest BCUT2D eigenvalue weighted by Gasteiger charge is -2.09. The van der Waals surface area contributed by atoms with Crippen molar-refractivity contribution in [2.45, 2.75) is 0 Å². The molecule has 0 aliphatic carbocycles.